The van der Waals surface area contributed by atoms with Crippen LogP contribution in [0.3, 0.4) is 0 Å². The topological polar surface area (TPSA) is 22.1 Å². The third-order valence-electron chi connectivity index (χ3n) is 2.56. The van der Waals surface area contributed by atoms with Crippen LogP contribution in [0.4, 0.5) is 0 Å². The van der Waals surface area contributed by atoms with Crippen molar-refractivity contribution in [2.24, 2.45) is 0 Å². The van der Waals surface area contributed by atoms with Crippen LogP contribution in [-0.2, 0) is 10.2 Å². The second-order valence-corrected chi connectivity index (χ2v) is 4.25. The summed E-state index contributed by atoms with van der Waals surface area (Å²) >= 11 is 6.00. The molecule has 0 unspecified atom stereocenters. The molecule has 13 heavy (non-hydrogen) atoms. The molecule has 0 saturated carbocycles. The fourth-order valence-corrected chi connectivity index (χ4v) is 1.58. The maximum atomic E-state index is 6.00. The summed E-state index contributed by atoms with van der Waals surface area (Å²) in [5.41, 5.74) is 2.19. The zero-order valence-electron chi connectivity index (χ0n) is 7.80. The van der Waals surface area contributed by atoms with Gasteiger partial charge in [-0.15, -0.1) is 0 Å². The standard InChI is InChI=1S/C10H12ClNO/c1-7-9(11)3-8(4-12-7)10(2)5-13-6-10/h3-4H,5-6H2,1-2H3. The zero-order valence-corrected chi connectivity index (χ0v) is 8.56. The van der Waals surface area contributed by atoms with Gasteiger partial charge in [-0.3, -0.25) is 4.98 Å². The number of halogens is 1. The SMILES string of the molecule is Cc1ncc(C2(C)COC2)cc1Cl. The molecule has 1 aromatic heterocycles. The molecular weight excluding hydrogens is 186 g/mol. The zero-order chi connectivity index (χ0) is 9.47. The van der Waals surface area contributed by atoms with Crippen LogP contribution in [0.5, 0.6) is 0 Å². The molecule has 70 valence electrons. The minimum atomic E-state index is 0.129. The minimum absolute atomic E-state index is 0.129. The molecule has 0 aliphatic carbocycles. The summed E-state index contributed by atoms with van der Waals surface area (Å²) < 4.78 is 5.19. The van der Waals surface area contributed by atoms with Gasteiger partial charge in [0.25, 0.3) is 0 Å². The van der Waals surface area contributed by atoms with Crippen molar-refractivity contribution in [3.05, 3.63) is 28.5 Å². The lowest BCUT2D eigenvalue weighted by molar-refractivity contribution is -0.0501. The molecule has 1 aromatic rings. The van der Waals surface area contributed by atoms with Gasteiger partial charge in [-0.05, 0) is 18.6 Å². The van der Waals surface area contributed by atoms with Crippen LogP contribution in [0, 0.1) is 6.92 Å². The molecule has 2 nitrogen and oxygen atoms in total. The normalized spacial score (nSPS) is 19.6. The molecule has 0 amide bonds. The van der Waals surface area contributed by atoms with E-state index < -0.39 is 0 Å². The predicted molar refractivity (Wildman–Crippen MR) is 52.2 cm³/mol. The van der Waals surface area contributed by atoms with Gasteiger partial charge in [0.05, 0.1) is 23.9 Å². The quantitative estimate of drug-likeness (QED) is 0.690. The van der Waals surface area contributed by atoms with E-state index in [2.05, 4.69) is 11.9 Å². The molecule has 1 fully saturated rings. The van der Waals surface area contributed by atoms with Gasteiger partial charge in [0.2, 0.25) is 0 Å². The van der Waals surface area contributed by atoms with Crippen LogP contribution in [0.15, 0.2) is 12.3 Å². The van der Waals surface area contributed by atoms with Gasteiger partial charge in [0, 0.05) is 11.6 Å². The molecule has 1 aliphatic heterocycles. The maximum Gasteiger partial charge on any atom is 0.0621 e. The summed E-state index contributed by atoms with van der Waals surface area (Å²) in [7, 11) is 0. The van der Waals surface area contributed by atoms with Gasteiger partial charge in [-0.25, -0.2) is 0 Å². The monoisotopic (exact) mass is 197 g/mol. The molecule has 2 rings (SSSR count). The largest absolute Gasteiger partial charge is 0.379 e. The van der Waals surface area contributed by atoms with E-state index in [-0.39, 0.29) is 5.41 Å². The second kappa shape index (κ2) is 2.96. The van der Waals surface area contributed by atoms with Crippen molar-refractivity contribution in [2.45, 2.75) is 19.3 Å². The van der Waals surface area contributed by atoms with Gasteiger partial charge in [-0.2, -0.15) is 0 Å². The first-order valence-corrected chi connectivity index (χ1v) is 4.70. The number of aryl methyl sites for hydroxylation is 1. The highest BCUT2D eigenvalue weighted by atomic mass is 35.5. The molecule has 1 aliphatic rings. The van der Waals surface area contributed by atoms with Crippen LogP contribution >= 0.6 is 11.6 Å². The first kappa shape index (κ1) is 8.97. The summed E-state index contributed by atoms with van der Waals surface area (Å²) in [6.07, 6.45) is 1.89. The van der Waals surface area contributed by atoms with Crippen molar-refractivity contribution in [1.29, 1.82) is 0 Å². The lowest BCUT2D eigenvalue weighted by Gasteiger charge is -2.38. The Bertz CT molecular complexity index is 334. The first-order valence-electron chi connectivity index (χ1n) is 4.32. The van der Waals surface area contributed by atoms with Crippen molar-refractivity contribution in [3.63, 3.8) is 0 Å². The Balaban J connectivity index is 2.36. The van der Waals surface area contributed by atoms with E-state index in [4.69, 9.17) is 16.3 Å². The molecule has 0 radical (unpaired) electrons. The fraction of sp³-hybridized carbons (Fsp3) is 0.500. The summed E-state index contributed by atoms with van der Waals surface area (Å²) in [5.74, 6) is 0. The molecule has 3 heteroatoms. The lowest BCUT2D eigenvalue weighted by Crippen LogP contribution is -2.43. The number of aromatic nitrogens is 1. The smallest absolute Gasteiger partial charge is 0.0621 e. The highest BCUT2D eigenvalue weighted by Gasteiger charge is 2.35. The van der Waals surface area contributed by atoms with Gasteiger partial charge < -0.3 is 4.74 Å². The number of ether oxygens (including phenoxy) is 1. The molecule has 2 heterocycles. The fourth-order valence-electron chi connectivity index (χ4n) is 1.41. The summed E-state index contributed by atoms with van der Waals surface area (Å²) in [6, 6.07) is 1.99. The molecule has 0 atom stereocenters. The maximum absolute atomic E-state index is 6.00. The van der Waals surface area contributed by atoms with Crippen LogP contribution < -0.4 is 0 Å². The first-order chi connectivity index (χ1) is 6.12. The Morgan fingerprint density at radius 3 is 2.69 bits per heavy atom. The Labute approximate surface area is 82.9 Å². The highest BCUT2D eigenvalue weighted by Crippen LogP contribution is 2.32. The molecule has 0 spiro atoms. The lowest BCUT2D eigenvalue weighted by atomic mass is 9.82. The van der Waals surface area contributed by atoms with E-state index >= 15 is 0 Å². The van der Waals surface area contributed by atoms with Gasteiger partial charge in [-0.1, -0.05) is 18.5 Å². The number of hydrogen-bond acceptors (Lipinski definition) is 2. The van der Waals surface area contributed by atoms with Gasteiger partial charge in [0.1, 0.15) is 0 Å². The van der Waals surface area contributed by atoms with E-state index in [1.807, 2.05) is 19.2 Å². The van der Waals surface area contributed by atoms with Gasteiger partial charge in [0.15, 0.2) is 0 Å². The number of pyridine rings is 1. The number of hydrogen-bond donors (Lipinski definition) is 0. The molecular formula is C10H12ClNO. The van der Waals surface area contributed by atoms with Crippen molar-refractivity contribution in [1.82, 2.24) is 4.98 Å². The van der Waals surface area contributed by atoms with Crippen molar-refractivity contribution in [2.75, 3.05) is 13.2 Å². The second-order valence-electron chi connectivity index (χ2n) is 3.84. The molecule has 0 N–H and O–H groups in total. The summed E-state index contributed by atoms with van der Waals surface area (Å²) in [5, 5.41) is 0.741. The van der Waals surface area contributed by atoms with E-state index in [9.17, 15) is 0 Å². The van der Waals surface area contributed by atoms with Crippen LogP contribution in [-0.4, -0.2) is 18.2 Å². The van der Waals surface area contributed by atoms with Crippen molar-refractivity contribution < 1.29 is 4.74 Å². The highest BCUT2D eigenvalue weighted by molar-refractivity contribution is 6.31. The summed E-state index contributed by atoms with van der Waals surface area (Å²) in [4.78, 5) is 4.24. The average molecular weight is 198 g/mol. The Hall–Kier alpha value is -0.600. The third kappa shape index (κ3) is 1.45. The van der Waals surface area contributed by atoms with Crippen molar-refractivity contribution >= 4 is 11.6 Å². The van der Waals surface area contributed by atoms with Gasteiger partial charge >= 0.3 is 0 Å². The molecule has 0 aromatic carbocycles. The predicted octanol–water partition coefficient (Wildman–Crippen LogP) is 2.33. The van der Waals surface area contributed by atoms with E-state index in [0.717, 1.165) is 23.9 Å². The van der Waals surface area contributed by atoms with E-state index in [1.54, 1.807) is 0 Å². The minimum Gasteiger partial charge on any atom is -0.379 e. The number of rotatable bonds is 1. The Morgan fingerprint density at radius 1 is 1.54 bits per heavy atom. The molecule has 1 saturated heterocycles. The van der Waals surface area contributed by atoms with Crippen LogP contribution in [0.2, 0.25) is 5.02 Å². The van der Waals surface area contributed by atoms with Crippen LogP contribution in [0.1, 0.15) is 18.2 Å². The molecule has 0 bridgehead atoms. The summed E-state index contributed by atoms with van der Waals surface area (Å²) in [6.45, 7) is 5.62. The average Bonchev–Trinajstić information content (AvgIpc) is 2.06. The Kier molecular flexibility index (Phi) is 2.05. The Morgan fingerprint density at radius 2 is 2.23 bits per heavy atom. The van der Waals surface area contributed by atoms with E-state index in [0.29, 0.717) is 0 Å². The van der Waals surface area contributed by atoms with Crippen LogP contribution in [0.25, 0.3) is 0 Å². The van der Waals surface area contributed by atoms with E-state index in [1.165, 1.54) is 5.56 Å². The number of nitrogens with zero attached hydrogens (tertiary/aromatic N) is 1. The van der Waals surface area contributed by atoms with Crippen molar-refractivity contribution in [3.8, 4) is 0 Å². The third-order valence-corrected chi connectivity index (χ3v) is 2.95.